The molecule has 2 N–H and O–H groups in total. The zero-order valence-corrected chi connectivity index (χ0v) is 11.9. The molecule has 2 rings (SSSR count). The van der Waals surface area contributed by atoms with Crippen LogP contribution in [0.4, 0.5) is 0 Å². The van der Waals surface area contributed by atoms with Crippen LogP contribution in [-0.4, -0.2) is 4.98 Å². The number of rotatable bonds is 4. The Morgan fingerprint density at radius 1 is 1.28 bits per heavy atom. The third-order valence-corrected chi connectivity index (χ3v) is 3.25. The smallest absolute Gasteiger partial charge is 0.134 e. The zero-order valence-electron chi connectivity index (χ0n) is 9.57. The fourth-order valence-corrected chi connectivity index (χ4v) is 2.20. The average molecular weight is 328 g/mol. The molecule has 1 heterocycles. The molecule has 0 aliphatic heterocycles. The standard InChI is InChI=1S/C13H12BrClN2O/c14-12-5-10(15)2-4-13(12)18-8-11-3-1-9(6-16)7-17-11/h1-5,7H,6,8,16H2. The van der Waals surface area contributed by atoms with Crippen LogP contribution in [0.25, 0.3) is 0 Å². The maximum Gasteiger partial charge on any atom is 0.134 e. The van der Waals surface area contributed by atoms with Crippen LogP contribution >= 0.6 is 27.5 Å². The number of hydrogen-bond acceptors (Lipinski definition) is 3. The highest BCUT2D eigenvalue weighted by Gasteiger charge is 2.03. The van der Waals surface area contributed by atoms with E-state index in [-0.39, 0.29) is 0 Å². The summed E-state index contributed by atoms with van der Waals surface area (Å²) in [5.74, 6) is 0.740. The van der Waals surface area contributed by atoms with Crippen LogP contribution < -0.4 is 10.5 Å². The van der Waals surface area contributed by atoms with E-state index in [1.165, 1.54) is 0 Å². The Kier molecular flexibility index (Phi) is 4.58. The Morgan fingerprint density at radius 3 is 2.72 bits per heavy atom. The first-order valence-corrected chi connectivity index (χ1v) is 6.58. The van der Waals surface area contributed by atoms with Crippen molar-refractivity contribution in [3.63, 3.8) is 0 Å². The van der Waals surface area contributed by atoms with Crippen molar-refractivity contribution in [1.82, 2.24) is 4.98 Å². The number of ether oxygens (including phenoxy) is 1. The Morgan fingerprint density at radius 2 is 2.11 bits per heavy atom. The number of pyridine rings is 1. The second kappa shape index (κ2) is 6.18. The van der Waals surface area contributed by atoms with Crippen LogP contribution in [0, 0.1) is 0 Å². The van der Waals surface area contributed by atoms with E-state index in [9.17, 15) is 0 Å². The van der Waals surface area contributed by atoms with Crippen LogP contribution in [-0.2, 0) is 13.2 Å². The summed E-state index contributed by atoms with van der Waals surface area (Å²) in [7, 11) is 0. The van der Waals surface area contributed by atoms with Gasteiger partial charge in [0.25, 0.3) is 0 Å². The van der Waals surface area contributed by atoms with Gasteiger partial charge in [-0.25, -0.2) is 0 Å². The van der Waals surface area contributed by atoms with Crippen molar-refractivity contribution < 1.29 is 4.74 Å². The first-order valence-electron chi connectivity index (χ1n) is 5.41. The van der Waals surface area contributed by atoms with Gasteiger partial charge in [-0.2, -0.15) is 0 Å². The van der Waals surface area contributed by atoms with Crippen LogP contribution in [0.15, 0.2) is 41.0 Å². The predicted octanol–water partition coefficient (Wildman–Crippen LogP) is 3.54. The molecular formula is C13H12BrClN2O. The highest BCUT2D eigenvalue weighted by atomic mass is 79.9. The average Bonchev–Trinajstić information content (AvgIpc) is 2.38. The van der Waals surface area contributed by atoms with Crippen molar-refractivity contribution >= 4 is 27.5 Å². The second-order valence-electron chi connectivity index (χ2n) is 3.73. The van der Waals surface area contributed by atoms with Gasteiger partial charge >= 0.3 is 0 Å². The largest absolute Gasteiger partial charge is 0.486 e. The summed E-state index contributed by atoms with van der Waals surface area (Å²) in [5, 5.41) is 0.666. The van der Waals surface area contributed by atoms with Gasteiger partial charge in [0.1, 0.15) is 12.4 Å². The maximum absolute atomic E-state index is 5.86. The summed E-state index contributed by atoms with van der Waals surface area (Å²) in [6.07, 6.45) is 1.76. The molecule has 0 saturated carbocycles. The van der Waals surface area contributed by atoms with Gasteiger partial charge in [-0.05, 0) is 45.8 Å². The highest BCUT2D eigenvalue weighted by molar-refractivity contribution is 9.10. The van der Waals surface area contributed by atoms with E-state index in [0.717, 1.165) is 21.5 Å². The first kappa shape index (κ1) is 13.3. The summed E-state index contributed by atoms with van der Waals surface area (Å²) >= 11 is 9.25. The molecule has 0 amide bonds. The van der Waals surface area contributed by atoms with E-state index < -0.39 is 0 Å². The summed E-state index contributed by atoms with van der Waals surface area (Å²) in [6, 6.07) is 9.25. The van der Waals surface area contributed by atoms with Crippen molar-refractivity contribution in [3.8, 4) is 5.75 Å². The molecule has 2 aromatic rings. The molecule has 1 aromatic heterocycles. The molecule has 3 nitrogen and oxygen atoms in total. The van der Waals surface area contributed by atoms with Gasteiger partial charge in [0.15, 0.2) is 0 Å². The van der Waals surface area contributed by atoms with Crippen molar-refractivity contribution in [1.29, 1.82) is 0 Å². The quantitative estimate of drug-likeness (QED) is 0.934. The van der Waals surface area contributed by atoms with Gasteiger partial charge in [0, 0.05) is 17.8 Å². The number of nitrogens with two attached hydrogens (primary N) is 1. The van der Waals surface area contributed by atoms with Crippen molar-refractivity contribution in [2.24, 2.45) is 5.73 Å². The first-order chi connectivity index (χ1) is 8.69. The third kappa shape index (κ3) is 3.45. The molecule has 1 aromatic carbocycles. The Labute approximate surface area is 119 Å². The minimum absolute atomic E-state index is 0.408. The molecule has 0 aliphatic rings. The molecule has 0 aliphatic carbocycles. The van der Waals surface area contributed by atoms with E-state index in [2.05, 4.69) is 20.9 Å². The van der Waals surface area contributed by atoms with Crippen molar-refractivity contribution in [3.05, 3.63) is 57.3 Å². The molecule has 0 bridgehead atoms. The van der Waals surface area contributed by atoms with Gasteiger partial charge in [-0.15, -0.1) is 0 Å². The SMILES string of the molecule is NCc1ccc(COc2ccc(Cl)cc2Br)nc1. The molecule has 5 heteroatoms. The van der Waals surface area contributed by atoms with E-state index in [0.29, 0.717) is 18.2 Å². The molecule has 0 saturated heterocycles. The fourth-order valence-electron chi connectivity index (χ4n) is 1.41. The van der Waals surface area contributed by atoms with Crippen LogP contribution in [0.3, 0.4) is 0 Å². The number of aromatic nitrogens is 1. The van der Waals surface area contributed by atoms with Crippen molar-refractivity contribution in [2.75, 3.05) is 0 Å². The predicted molar refractivity (Wildman–Crippen MR) is 75.6 cm³/mol. The monoisotopic (exact) mass is 326 g/mol. The van der Waals surface area contributed by atoms with Gasteiger partial charge < -0.3 is 10.5 Å². The third-order valence-electron chi connectivity index (χ3n) is 2.39. The minimum atomic E-state index is 0.408. The van der Waals surface area contributed by atoms with Crippen LogP contribution in [0.1, 0.15) is 11.3 Å². The lowest BCUT2D eigenvalue weighted by Crippen LogP contribution is -2.01. The van der Waals surface area contributed by atoms with Gasteiger partial charge in [0.05, 0.1) is 10.2 Å². The van der Waals surface area contributed by atoms with Gasteiger partial charge in [0.2, 0.25) is 0 Å². The molecular weight excluding hydrogens is 316 g/mol. The summed E-state index contributed by atoms with van der Waals surface area (Å²) in [4.78, 5) is 4.27. The molecule has 0 unspecified atom stereocenters. The summed E-state index contributed by atoms with van der Waals surface area (Å²) in [5.41, 5.74) is 7.37. The number of benzene rings is 1. The number of nitrogens with zero attached hydrogens (tertiary/aromatic N) is 1. The minimum Gasteiger partial charge on any atom is -0.486 e. The topological polar surface area (TPSA) is 48.1 Å². The molecule has 0 fully saturated rings. The zero-order chi connectivity index (χ0) is 13.0. The van der Waals surface area contributed by atoms with Crippen LogP contribution in [0.5, 0.6) is 5.75 Å². The van der Waals surface area contributed by atoms with Crippen LogP contribution in [0.2, 0.25) is 5.02 Å². The lowest BCUT2D eigenvalue weighted by Gasteiger charge is -2.08. The molecule has 0 radical (unpaired) electrons. The van der Waals surface area contributed by atoms with E-state index in [4.69, 9.17) is 22.1 Å². The molecule has 94 valence electrons. The maximum atomic E-state index is 5.86. The van der Waals surface area contributed by atoms with E-state index in [1.54, 1.807) is 18.3 Å². The Hall–Kier alpha value is -1.10. The number of halogens is 2. The molecule has 0 atom stereocenters. The van der Waals surface area contributed by atoms with E-state index in [1.807, 2.05) is 18.2 Å². The number of hydrogen-bond donors (Lipinski definition) is 1. The highest BCUT2D eigenvalue weighted by Crippen LogP contribution is 2.28. The second-order valence-corrected chi connectivity index (χ2v) is 5.02. The normalized spacial score (nSPS) is 10.4. The van der Waals surface area contributed by atoms with E-state index >= 15 is 0 Å². The lowest BCUT2D eigenvalue weighted by molar-refractivity contribution is 0.299. The van der Waals surface area contributed by atoms with Crippen molar-refractivity contribution in [2.45, 2.75) is 13.2 Å². The Bertz CT molecular complexity index is 531. The van der Waals surface area contributed by atoms with Gasteiger partial charge in [-0.3, -0.25) is 4.98 Å². The van der Waals surface area contributed by atoms with Gasteiger partial charge in [-0.1, -0.05) is 17.7 Å². The Balaban J connectivity index is 2.02. The molecule has 0 spiro atoms. The molecule has 18 heavy (non-hydrogen) atoms. The summed E-state index contributed by atoms with van der Waals surface area (Å²) in [6.45, 7) is 0.905. The fraction of sp³-hybridized carbons (Fsp3) is 0.154. The lowest BCUT2D eigenvalue weighted by atomic mass is 10.2. The summed E-state index contributed by atoms with van der Waals surface area (Å²) < 4.78 is 6.48.